The van der Waals surface area contributed by atoms with Gasteiger partial charge in [0.1, 0.15) is 11.5 Å². The van der Waals surface area contributed by atoms with E-state index in [-0.39, 0.29) is 17.5 Å². The highest BCUT2D eigenvalue weighted by Crippen LogP contribution is 2.62. The van der Waals surface area contributed by atoms with E-state index in [9.17, 15) is 14.4 Å². The molecule has 0 aliphatic carbocycles. The number of nitrogens with one attached hydrogen (secondary N) is 1. The van der Waals surface area contributed by atoms with Crippen molar-refractivity contribution in [1.29, 1.82) is 0 Å². The van der Waals surface area contributed by atoms with Crippen molar-refractivity contribution in [3.05, 3.63) is 125 Å². The lowest BCUT2D eigenvalue weighted by Crippen LogP contribution is -2.49. The summed E-state index contributed by atoms with van der Waals surface area (Å²) in [5.74, 6) is -1.14. The molecule has 0 radical (unpaired) electrons. The van der Waals surface area contributed by atoms with Gasteiger partial charge in [0, 0.05) is 35.4 Å². The number of para-hydroxylation sites is 1. The van der Waals surface area contributed by atoms with Gasteiger partial charge in [0.25, 0.3) is 0 Å². The second-order valence-electron chi connectivity index (χ2n) is 10.6. The van der Waals surface area contributed by atoms with Gasteiger partial charge in [-0.15, -0.1) is 0 Å². The molecule has 7 rings (SSSR count). The van der Waals surface area contributed by atoms with Crippen molar-refractivity contribution in [1.82, 2.24) is 9.88 Å². The average molecular weight is 558 g/mol. The first-order valence-electron chi connectivity index (χ1n) is 13.7. The summed E-state index contributed by atoms with van der Waals surface area (Å²) in [5.41, 5.74) is 2.41. The molecule has 0 unspecified atom stereocenters. The average Bonchev–Trinajstić information content (AvgIpc) is 3.52. The normalized spacial score (nSPS) is 23.1. The first kappa shape index (κ1) is 25.7. The maximum atomic E-state index is 14.7. The van der Waals surface area contributed by atoms with E-state index in [0.717, 1.165) is 11.1 Å². The molecule has 1 fully saturated rings. The summed E-state index contributed by atoms with van der Waals surface area (Å²) >= 11 is 0. The van der Waals surface area contributed by atoms with E-state index in [1.54, 1.807) is 36.5 Å². The second-order valence-corrected chi connectivity index (χ2v) is 10.6. The minimum atomic E-state index is -1.40. The van der Waals surface area contributed by atoms with Gasteiger partial charge in [-0.1, -0.05) is 42.5 Å². The fourth-order valence-corrected chi connectivity index (χ4v) is 7.02. The number of ether oxygens (including phenoxy) is 2. The lowest BCUT2D eigenvalue weighted by molar-refractivity contribution is -0.122. The lowest BCUT2D eigenvalue weighted by atomic mass is 9.62. The summed E-state index contributed by atoms with van der Waals surface area (Å²) in [6.45, 7) is 0. The molecule has 4 heterocycles. The van der Waals surface area contributed by atoms with E-state index in [0.29, 0.717) is 33.9 Å². The van der Waals surface area contributed by atoms with Gasteiger partial charge in [0.15, 0.2) is 23.1 Å². The minimum Gasteiger partial charge on any atom is -0.493 e. The third-order valence-corrected chi connectivity index (χ3v) is 8.74. The van der Waals surface area contributed by atoms with Crippen LogP contribution < -0.4 is 14.8 Å². The van der Waals surface area contributed by atoms with E-state index in [1.807, 2.05) is 65.7 Å². The molecule has 42 heavy (non-hydrogen) atoms. The zero-order valence-corrected chi connectivity index (χ0v) is 23.0. The highest BCUT2D eigenvalue weighted by molar-refractivity contribution is 6.16. The Labute approximate surface area is 242 Å². The van der Waals surface area contributed by atoms with E-state index in [4.69, 9.17) is 9.47 Å². The van der Waals surface area contributed by atoms with Crippen LogP contribution in [0.3, 0.4) is 0 Å². The predicted molar refractivity (Wildman–Crippen MR) is 157 cm³/mol. The molecule has 3 aromatic carbocycles. The van der Waals surface area contributed by atoms with Crippen LogP contribution in [0.5, 0.6) is 11.5 Å². The number of aromatic nitrogens is 1. The number of methoxy groups -OCH3 is 2. The standard InChI is InChI=1S/C34H27N3O5/c1-41-26-14-13-21(18-27(26)42-2)31(39)29-28(30(38)22-9-7-16-35-19-22)34(24-11-5-6-12-25(24)36-33(34)40)32-23-10-4-3-8-20(23)15-17-37(29)32/h3-19,28-29,32H,1-2H3,(H,36,40)/t28-,29+,32+,34-/m1/s1. The Bertz CT molecular complexity index is 1790. The number of fused-ring (bicyclic) bond motifs is 6. The topological polar surface area (TPSA) is 97.8 Å². The molecule has 8 nitrogen and oxygen atoms in total. The summed E-state index contributed by atoms with van der Waals surface area (Å²) in [5, 5.41) is 3.06. The molecule has 208 valence electrons. The molecule has 8 heteroatoms. The van der Waals surface area contributed by atoms with Crippen molar-refractivity contribution in [2.45, 2.75) is 17.5 Å². The van der Waals surface area contributed by atoms with Gasteiger partial charge in [-0.25, -0.2) is 0 Å². The van der Waals surface area contributed by atoms with Crippen LogP contribution in [0, 0.1) is 5.92 Å². The zero-order valence-electron chi connectivity index (χ0n) is 23.0. The number of benzene rings is 3. The smallest absolute Gasteiger partial charge is 0.238 e. The summed E-state index contributed by atoms with van der Waals surface area (Å²) in [4.78, 5) is 50.0. The minimum absolute atomic E-state index is 0.304. The quantitative estimate of drug-likeness (QED) is 0.330. The van der Waals surface area contributed by atoms with Gasteiger partial charge in [0.05, 0.1) is 26.2 Å². The van der Waals surface area contributed by atoms with Crippen molar-refractivity contribution < 1.29 is 23.9 Å². The maximum Gasteiger partial charge on any atom is 0.238 e. The number of pyridine rings is 1. The van der Waals surface area contributed by atoms with E-state index >= 15 is 0 Å². The fraction of sp³-hybridized carbons (Fsp3) is 0.176. The molecular formula is C34H27N3O5. The lowest BCUT2D eigenvalue weighted by Gasteiger charge is -2.38. The second kappa shape index (κ2) is 9.69. The van der Waals surface area contributed by atoms with Crippen LogP contribution in [0.4, 0.5) is 5.69 Å². The number of nitrogens with zero attached hydrogens (tertiary/aromatic N) is 2. The van der Waals surface area contributed by atoms with Crippen LogP contribution in [-0.4, -0.2) is 47.6 Å². The first-order chi connectivity index (χ1) is 20.5. The van der Waals surface area contributed by atoms with Crippen molar-refractivity contribution in [2.24, 2.45) is 5.92 Å². The molecule has 1 N–H and O–H groups in total. The van der Waals surface area contributed by atoms with Crippen LogP contribution in [0.1, 0.15) is 43.4 Å². The molecule has 0 bridgehead atoms. The fourth-order valence-electron chi connectivity index (χ4n) is 7.02. The highest BCUT2D eigenvalue weighted by atomic mass is 16.5. The van der Waals surface area contributed by atoms with Gasteiger partial charge >= 0.3 is 0 Å². The van der Waals surface area contributed by atoms with Crippen LogP contribution in [-0.2, 0) is 10.2 Å². The molecule has 3 aliphatic rings. The molecule has 3 aliphatic heterocycles. The first-order valence-corrected chi connectivity index (χ1v) is 13.7. The summed E-state index contributed by atoms with van der Waals surface area (Å²) in [6, 6.07) is 22.0. The van der Waals surface area contributed by atoms with E-state index in [2.05, 4.69) is 10.3 Å². The van der Waals surface area contributed by atoms with Gasteiger partial charge in [-0.3, -0.25) is 19.4 Å². The van der Waals surface area contributed by atoms with Gasteiger partial charge in [0.2, 0.25) is 5.91 Å². The SMILES string of the molecule is COc1ccc(C(=O)[C@@H]2[C@H](C(=O)c3cccnc3)[C@@]3(C(=O)Nc4ccccc43)[C@@H]3c4ccccc4C=CN23)cc1OC. The van der Waals surface area contributed by atoms with Gasteiger partial charge < -0.3 is 19.7 Å². The number of anilines is 1. The monoisotopic (exact) mass is 557 g/mol. The largest absolute Gasteiger partial charge is 0.493 e. The molecule has 0 saturated carbocycles. The number of carbonyl (C=O) groups is 3. The third kappa shape index (κ3) is 3.48. The molecule has 4 aromatic rings. The van der Waals surface area contributed by atoms with Gasteiger partial charge in [-0.05, 0) is 59.2 Å². The Morgan fingerprint density at radius 2 is 1.67 bits per heavy atom. The molecule has 1 amide bonds. The predicted octanol–water partition coefficient (Wildman–Crippen LogP) is 5.08. The van der Waals surface area contributed by atoms with E-state index in [1.165, 1.54) is 20.4 Å². The van der Waals surface area contributed by atoms with Crippen molar-refractivity contribution in [2.75, 3.05) is 19.5 Å². The van der Waals surface area contributed by atoms with Crippen molar-refractivity contribution >= 4 is 29.2 Å². The Morgan fingerprint density at radius 3 is 2.45 bits per heavy atom. The Balaban J connectivity index is 1.52. The van der Waals surface area contributed by atoms with Crippen LogP contribution in [0.25, 0.3) is 6.08 Å². The van der Waals surface area contributed by atoms with Crippen molar-refractivity contribution in [3.63, 3.8) is 0 Å². The molecule has 1 saturated heterocycles. The Hall–Kier alpha value is -5.24. The van der Waals surface area contributed by atoms with Crippen LogP contribution in [0.15, 0.2) is 97.5 Å². The number of ketones is 2. The number of amides is 1. The molecule has 4 atom stereocenters. The summed E-state index contributed by atoms with van der Waals surface area (Å²) < 4.78 is 10.9. The number of rotatable bonds is 6. The molecular weight excluding hydrogens is 530 g/mol. The number of hydrogen-bond donors (Lipinski definition) is 1. The van der Waals surface area contributed by atoms with Crippen LogP contribution >= 0.6 is 0 Å². The zero-order chi connectivity index (χ0) is 29.0. The van der Waals surface area contributed by atoms with Gasteiger partial charge in [-0.2, -0.15) is 0 Å². The number of hydrogen-bond acceptors (Lipinski definition) is 7. The maximum absolute atomic E-state index is 14.7. The summed E-state index contributed by atoms with van der Waals surface area (Å²) in [7, 11) is 3.03. The van der Waals surface area contributed by atoms with E-state index < -0.39 is 23.4 Å². The molecule has 1 spiro atoms. The third-order valence-electron chi connectivity index (χ3n) is 8.74. The Morgan fingerprint density at radius 1 is 0.881 bits per heavy atom. The highest BCUT2D eigenvalue weighted by Gasteiger charge is 2.70. The molecule has 1 aromatic heterocycles. The van der Waals surface area contributed by atoms with Crippen LogP contribution in [0.2, 0.25) is 0 Å². The summed E-state index contributed by atoms with van der Waals surface area (Å²) in [6.07, 6.45) is 6.87. The number of carbonyl (C=O) groups excluding carboxylic acids is 3. The van der Waals surface area contributed by atoms with Crippen molar-refractivity contribution in [3.8, 4) is 11.5 Å². The number of Topliss-reactive ketones (excluding diaryl/α,β-unsaturated/α-hetero) is 2. The Kier molecular flexibility index (Phi) is 5.93.